The van der Waals surface area contributed by atoms with E-state index < -0.39 is 29.5 Å². The average molecular weight is 465 g/mol. The van der Waals surface area contributed by atoms with Crippen LogP contribution in [-0.2, 0) is 11.0 Å². The number of nitrogens with one attached hydrogen (secondary N) is 1. The highest BCUT2D eigenvalue weighted by molar-refractivity contribution is 5.85. The topological polar surface area (TPSA) is 83.4 Å². The number of hydrazine groups is 1. The summed E-state index contributed by atoms with van der Waals surface area (Å²) in [6, 6.07) is 11.5. The van der Waals surface area contributed by atoms with Crippen LogP contribution in [0.5, 0.6) is 11.5 Å². The van der Waals surface area contributed by atoms with Gasteiger partial charge in [0.25, 0.3) is 0 Å². The minimum Gasteiger partial charge on any atom is -0.486 e. The lowest BCUT2D eigenvalue weighted by atomic mass is 10.1. The van der Waals surface area contributed by atoms with Gasteiger partial charge in [0, 0.05) is 6.04 Å². The second-order valence-corrected chi connectivity index (χ2v) is 8.34. The van der Waals surface area contributed by atoms with Crippen molar-refractivity contribution < 1.29 is 32.5 Å². The number of aliphatic imine (C=N–C) groups is 1. The van der Waals surface area contributed by atoms with Crippen molar-refractivity contribution in [2.75, 3.05) is 6.61 Å². The Kier molecular flexibility index (Phi) is 6.87. The Bertz CT molecular complexity index is 1000. The molecule has 2 N–H and O–H groups in total. The normalized spacial score (nSPS) is 16.7. The highest BCUT2D eigenvalue weighted by Crippen LogP contribution is 2.31. The molecule has 0 radical (unpaired) electrons. The summed E-state index contributed by atoms with van der Waals surface area (Å²) in [4.78, 5) is 15.8. The fraction of sp³-hybridized carbons (Fsp3) is 0.391. The summed E-state index contributed by atoms with van der Waals surface area (Å²) < 4.78 is 49.8. The number of alkyl halides is 3. The maximum Gasteiger partial charge on any atom is 0.416 e. The number of hydrogen-bond donors (Lipinski definition) is 2. The van der Waals surface area contributed by atoms with Crippen LogP contribution in [0.1, 0.15) is 45.0 Å². The minimum atomic E-state index is -4.39. The molecule has 0 spiro atoms. The quantitative estimate of drug-likeness (QED) is 0.591. The van der Waals surface area contributed by atoms with Gasteiger partial charge >= 0.3 is 12.1 Å². The molecule has 0 aromatic heterocycles. The van der Waals surface area contributed by atoms with E-state index in [1.807, 2.05) is 18.9 Å². The van der Waals surface area contributed by atoms with Crippen LogP contribution < -0.4 is 14.9 Å². The minimum absolute atomic E-state index is 0.0285. The zero-order valence-electron chi connectivity index (χ0n) is 18.7. The number of carboxylic acids is 1. The lowest BCUT2D eigenvalue weighted by molar-refractivity contribution is -0.152. The molecule has 3 rings (SSSR count). The van der Waals surface area contributed by atoms with Gasteiger partial charge in [0.1, 0.15) is 24.3 Å². The first-order chi connectivity index (χ1) is 15.4. The highest BCUT2D eigenvalue weighted by Gasteiger charge is 2.32. The molecule has 7 nitrogen and oxygen atoms in total. The number of rotatable bonds is 8. The van der Waals surface area contributed by atoms with Gasteiger partial charge in [-0.3, -0.25) is 5.01 Å². The van der Waals surface area contributed by atoms with Crippen LogP contribution in [0.4, 0.5) is 13.2 Å². The van der Waals surface area contributed by atoms with Crippen molar-refractivity contribution in [2.24, 2.45) is 4.99 Å². The first kappa shape index (κ1) is 24.4. The number of benzene rings is 2. The van der Waals surface area contributed by atoms with Crippen LogP contribution in [0.15, 0.2) is 53.5 Å². The molecule has 0 saturated carbocycles. The third kappa shape index (κ3) is 5.95. The molecular weight excluding hydrogens is 439 g/mol. The van der Waals surface area contributed by atoms with Crippen LogP contribution in [0.25, 0.3) is 0 Å². The second-order valence-electron chi connectivity index (χ2n) is 8.34. The van der Waals surface area contributed by atoms with E-state index in [1.54, 1.807) is 24.3 Å². The standard InChI is InChI=1S/C23H26F3N3O4/c1-14(2)29-19(27-20(28-29)15-5-7-16(8-6-15)23(24,25)26)13-32-17-9-11-18(12-10-17)33-22(3,4)21(30)31/h5-12,14,20,28H,13H2,1-4H3,(H,30,31). The number of carbonyl (C=O) groups is 1. The predicted octanol–water partition coefficient (Wildman–Crippen LogP) is 4.65. The molecule has 0 saturated heterocycles. The molecule has 1 unspecified atom stereocenters. The van der Waals surface area contributed by atoms with Crippen molar-refractivity contribution in [3.05, 3.63) is 59.7 Å². The van der Waals surface area contributed by atoms with Crippen molar-refractivity contribution in [3.63, 3.8) is 0 Å². The van der Waals surface area contributed by atoms with E-state index >= 15 is 0 Å². The van der Waals surface area contributed by atoms with Crippen molar-refractivity contribution in [1.82, 2.24) is 10.4 Å². The number of nitrogens with zero attached hydrogens (tertiary/aromatic N) is 2. The Labute approximate surface area is 189 Å². The van der Waals surface area contributed by atoms with Gasteiger partial charge in [0.05, 0.1) is 5.56 Å². The van der Waals surface area contributed by atoms with E-state index in [0.717, 1.165) is 12.1 Å². The number of carboxylic acid groups (broad SMARTS) is 1. The number of amidine groups is 1. The predicted molar refractivity (Wildman–Crippen MR) is 116 cm³/mol. The molecule has 1 heterocycles. The summed E-state index contributed by atoms with van der Waals surface area (Å²) in [6.07, 6.45) is -4.92. The SMILES string of the molecule is CC(C)N1NC(c2ccc(C(F)(F)F)cc2)N=C1COc1ccc(OC(C)(C)C(=O)O)cc1. The molecule has 2 aromatic carbocycles. The summed E-state index contributed by atoms with van der Waals surface area (Å²) >= 11 is 0. The smallest absolute Gasteiger partial charge is 0.416 e. The lowest BCUT2D eigenvalue weighted by Crippen LogP contribution is -2.44. The van der Waals surface area contributed by atoms with E-state index in [4.69, 9.17) is 14.6 Å². The lowest BCUT2D eigenvalue weighted by Gasteiger charge is -2.26. The van der Waals surface area contributed by atoms with Gasteiger partial charge in [-0.2, -0.15) is 13.2 Å². The fourth-order valence-corrected chi connectivity index (χ4v) is 3.09. The summed E-state index contributed by atoms with van der Waals surface area (Å²) in [5.74, 6) is 0.439. The average Bonchev–Trinajstić information content (AvgIpc) is 3.17. The molecule has 1 atom stereocenters. The second kappa shape index (κ2) is 9.30. The largest absolute Gasteiger partial charge is 0.486 e. The number of hydrogen-bond acceptors (Lipinski definition) is 6. The van der Waals surface area contributed by atoms with Gasteiger partial charge in [-0.15, -0.1) is 0 Å². The van der Waals surface area contributed by atoms with Gasteiger partial charge in [0.15, 0.2) is 11.4 Å². The zero-order valence-corrected chi connectivity index (χ0v) is 18.7. The maximum atomic E-state index is 12.8. The zero-order chi connectivity index (χ0) is 24.4. The van der Waals surface area contributed by atoms with E-state index in [2.05, 4.69) is 10.4 Å². The molecule has 1 aliphatic heterocycles. The Morgan fingerprint density at radius 3 is 2.18 bits per heavy atom. The first-order valence-electron chi connectivity index (χ1n) is 10.3. The number of halogens is 3. The van der Waals surface area contributed by atoms with E-state index in [9.17, 15) is 18.0 Å². The van der Waals surface area contributed by atoms with E-state index in [1.165, 1.54) is 26.0 Å². The highest BCUT2D eigenvalue weighted by atomic mass is 19.4. The van der Waals surface area contributed by atoms with E-state index in [-0.39, 0.29) is 12.6 Å². The third-order valence-electron chi connectivity index (χ3n) is 4.97. The van der Waals surface area contributed by atoms with Gasteiger partial charge in [-0.25, -0.2) is 15.2 Å². The Hall–Kier alpha value is -3.27. The maximum absolute atomic E-state index is 12.8. The fourth-order valence-electron chi connectivity index (χ4n) is 3.09. The van der Waals surface area contributed by atoms with Crippen LogP contribution in [0.2, 0.25) is 0 Å². The number of aliphatic carboxylic acids is 1. The summed E-state index contributed by atoms with van der Waals surface area (Å²) in [6.45, 7) is 6.95. The molecule has 2 aromatic rings. The molecular formula is C23H26F3N3O4. The van der Waals surface area contributed by atoms with Crippen LogP contribution >= 0.6 is 0 Å². The third-order valence-corrected chi connectivity index (χ3v) is 4.97. The summed E-state index contributed by atoms with van der Waals surface area (Å²) in [7, 11) is 0. The molecule has 0 bridgehead atoms. The van der Waals surface area contributed by atoms with Crippen molar-refractivity contribution in [3.8, 4) is 11.5 Å². The van der Waals surface area contributed by atoms with Gasteiger partial charge < -0.3 is 14.6 Å². The molecule has 178 valence electrons. The molecule has 0 aliphatic carbocycles. The van der Waals surface area contributed by atoms with Gasteiger partial charge in [0.2, 0.25) is 0 Å². The molecule has 10 heteroatoms. The van der Waals surface area contributed by atoms with Gasteiger partial charge in [-0.05, 0) is 69.7 Å². The molecule has 1 aliphatic rings. The Morgan fingerprint density at radius 2 is 1.67 bits per heavy atom. The molecule has 33 heavy (non-hydrogen) atoms. The van der Waals surface area contributed by atoms with Crippen LogP contribution in [-0.4, -0.2) is 40.2 Å². The van der Waals surface area contributed by atoms with Crippen LogP contribution in [0.3, 0.4) is 0 Å². The van der Waals surface area contributed by atoms with Gasteiger partial charge in [-0.1, -0.05) is 12.1 Å². The number of ether oxygens (including phenoxy) is 2. The summed E-state index contributed by atoms with van der Waals surface area (Å²) in [5.41, 5.74) is 1.72. The molecule has 0 amide bonds. The first-order valence-corrected chi connectivity index (χ1v) is 10.3. The van der Waals surface area contributed by atoms with E-state index in [0.29, 0.717) is 22.9 Å². The summed E-state index contributed by atoms with van der Waals surface area (Å²) in [5, 5.41) is 11.0. The molecule has 0 fully saturated rings. The van der Waals surface area contributed by atoms with Crippen molar-refractivity contribution >= 4 is 11.8 Å². The Morgan fingerprint density at radius 1 is 1.09 bits per heavy atom. The monoisotopic (exact) mass is 465 g/mol. The van der Waals surface area contributed by atoms with Crippen LogP contribution in [0, 0.1) is 0 Å². The van der Waals surface area contributed by atoms with Crippen molar-refractivity contribution in [2.45, 2.75) is 51.7 Å². The van der Waals surface area contributed by atoms with Crippen molar-refractivity contribution in [1.29, 1.82) is 0 Å². The Balaban J connectivity index is 1.68.